The van der Waals surface area contributed by atoms with Crippen LogP contribution in [-0.2, 0) is 6.42 Å². The van der Waals surface area contributed by atoms with Gasteiger partial charge >= 0.3 is 0 Å². The van der Waals surface area contributed by atoms with Crippen molar-refractivity contribution in [2.24, 2.45) is 11.7 Å². The standard InChI is InChI=1S/C8H12N4O/c1-5(2)7(10)8-12-11-6(13-8)3-4-9/h5,7H,3,10H2,1-2H3/t7-/m0/s1. The fourth-order valence-electron chi connectivity index (χ4n) is 0.826. The molecular weight excluding hydrogens is 168 g/mol. The van der Waals surface area contributed by atoms with Crippen molar-refractivity contribution >= 4 is 0 Å². The third-order valence-electron chi connectivity index (χ3n) is 1.72. The molecule has 13 heavy (non-hydrogen) atoms. The maximum absolute atomic E-state index is 8.37. The van der Waals surface area contributed by atoms with E-state index in [2.05, 4.69) is 10.2 Å². The van der Waals surface area contributed by atoms with E-state index in [0.717, 1.165) is 0 Å². The molecule has 1 aromatic heterocycles. The first kappa shape index (κ1) is 9.68. The van der Waals surface area contributed by atoms with Crippen LogP contribution in [0.4, 0.5) is 0 Å². The van der Waals surface area contributed by atoms with Crippen LogP contribution in [0.15, 0.2) is 4.42 Å². The van der Waals surface area contributed by atoms with Crippen LogP contribution in [0.2, 0.25) is 0 Å². The first-order chi connectivity index (χ1) is 6.15. The van der Waals surface area contributed by atoms with Gasteiger partial charge in [0.1, 0.15) is 6.42 Å². The number of hydrogen-bond acceptors (Lipinski definition) is 5. The van der Waals surface area contributed by atoms with Gasteiger partial charge in [-0.15, -0.1) is 10.2 Å². The summed E-state index contributed by atoms with van der Waals surface area (Å²) in [6.45, 7) is 3.94. The summed E-state index contributed by atoms with van der Waals surface area (Å²) in [6.07, 6.45) is 0.137. The molecule has 1 atom stereocenters. The predicted octanol–water partition coefficient (Wildman–Crippen LogP) is 0.791. The monoisotopic (exact) mass is 180 g/mol. The second kappa shape index (κ2) is 4.01. The Labute approximate surface area is 76.6 Å². The van der Waals surface area contributed by atoms with Crippen molar-refractivity contribution in [2.45, 2.75) is 26.3 Å². The zero-order chi connectivity index (χ0) is 9.84. The van der Waals surface area contributed by atoms with Crippen LogP contribution in [0, 0.1) is 17.2 Å². The fourth-order valence-corrected chi connectivity index (χ4v) is 0.826. The molecule has 1 heterocycles. The summed E-state index contributed by atoms with van der Waals surface area (Å²) < 4.78 is 5.18. The summed E-state index contributed by atoms with van der Waals surface area (Å²) in [5.41, 5.74) is 5.77. The minimum absolute atomic E-state index is 0.137. The maximum atomic E-state index is 8.37. The molecule has 0 saturated heterocycles. The Hall–Kier alpha value is -1.41. The summed E-state index contributed by atoms with van der Waals surface area (Å²) in [5, 5.41) is 15.8. The lowest BCUT2D eigenvalue weighted by Crippen LogP contribution is -2.16. The Morgan fingerprint density at radius 2 is 2.23 bits per heavy atom. The molecule has 0 aromatic carbocycles. The normalized spacial score (nSPS) is 12.8. The van der Waals surface area contributed by atoms with Gasteiger partial charge in [-0.2, -0.15) is 5.26 Å². The van der Waals surface area contributed by atoms with Crippen LogP contribution < -0.4 is 5.73 Å². The Morgan fingerprint density at radius 3 is 2.77 bits per heavy atom. The van der Waals surface area contributed by atoms with Crippen molar-refractivity contribution in [3.8, 4) is 6.07 Å². The van der Waals surface area contributed by atoms with Gasteiger partial charge in [0.15, 0.2) is 0 Å². The zero-order valence-electron chi connectivity index (χ0n) is 7.69. The van der Waals surface area contributed by atoms with Crippen LogP contribution in [0.3, 0.4) is 0 Å². The van der Waals surface area contributed by atoms with Crippen molar-refractivity contribution in [3.63, 3.8) is 0 Å². The molecule has 0 unspecified atom stereocenters. The number of nitrogens with two attached hydrogens (primary N) is 1. The Kier molecular flexibility index (Phi) is 2.98. The highest BCUT2D eigenvalue weighted by Crippen LogP contribution is 2.16. The summed E-state index contributed by atoms with van der Waals surface area (Å²) in [4.78, 5) is 0. The van der Waals surface area contributed by atoms with Crippen molar-refractivity contribution < 1.29 is 4.42 Å². The number of aromatic nitrogens is 2. The molecule has 5 heteroatoms. The van der Waals surface area contributed by atoms with Gasteiger partial charge in [0.05, 0.1) is 12.1 Å². The van der Waals surface area contributed by atoms with Crippen molar-refractivity contribution in [2.75, 3.05) is 0 Å². The molecule has 5 nitrogen and oxygen atoms in total. The van der Waals surface area contributed by atoms with E-state index in [1.54, 1.807) is 0 Å². The number of nitriles is 1. The summed E-state index contributed by atoms with van der Waals surface area (Å²) in [7, 11) is 0. The van der Waals surface area contributed by atoms with Crippen LogP contribution in [0.25, 0.3) is 0 Å². The predicted molar refractivity (Wildman–Crippen MR) is 45.4 cm³/mol. The Morgan fingerprint density at radius 1 is 1.54 bits per heavy atom. The number of rotatable bonds is 3. The smallest absolute Gasteiger partial charge is 0.233 e. The van der Waals surface area contributed by atoms with E-state index in [-0.39, 0.29) is 18.4 Å². The average molecular weight is 180 g/mol. The highest BCUT2D eigenvalue weighted by Gasteiger charge is 2.17. The van der Waals surface area contributed by atoms with E-state index in [4.69, 9.17) is 15.4 Å². The van der Waals surface area contributed by atoms with Crippen molar-refractivity contribution in [1.82, 2.24) is 10.2 Å². The van der Waals surface area contributed by atoms with E-state index in [0.29, 0.717) is 11.8 Å². The topological polar surface area (TPSA) is 88.7 Å². The fraction of sp³-hybridized carbons (Fsp3) is 0.625. The van der Waals surface area contributed by atoms with Crippen LogP contribution in [0.5, 0.6) is 0 Å². The summed E-state index contributed by atoms with van der Waals surface area (Å²) in [5.74, 6) is 0.976. The molecule has 0 amide bonds. The first-order valence-corrected chi connectivity index (χ1v) is 4.10. The minimum atomic E-state index is -0.250. The molecule has 0 fully saturated rings. The van der Waals surface area contributed by atoms with Crippen LogP contribution in [0.1, 0.15) is 31.7 Å². The van der Waals surface area contributed by atoms with E-state index < -0.39 is 0 Å². The molecule has 1 aromatic rings. The molecule has 0 aliphatic carbocycles. The highest BCUT2D eigenvalue weighted by molar-refractivity contribution is 4.94. The van der Waals surface area contributed by atoms with Crippen molar-refractivity contribution in [1.29, 1.82) is 5.26 Å². The highest BCUT2D eigenvalue weighted by atomic mass is 16.4. The number of hydrogen-bond donors (Lipinski definition) is 1. The van der Waals surface area contributed by atoms with Gasteiger partial charge in [-0.25, -0.2) is 0 Å². The third-order valence-corrected chi connectivity index (χ3v) is 1.72. The van der Waals surface area contributed by atoms with Gasteiger partial charge in [0.2, 0.25) is 11.8 Å². The van der Waals surface area contributed by atoms with Crippen LogP contribution >= 0.6 is 0 Å². The van der Waals surface area contributed by atoms with Gasteiger partial charge < -0.3 is 10.2 Å². The molecular formula is C8H12N4O. The lowest BCUT2D eigenvalue weighted by Gasteiger charge is -2.09. The molecule has 0 bridgehead atoms. The molecule has 0 radical (unpaired) electrons. The van der Waals surface area contributed by atoms with Crippen molar-refractivity contribution in [3.05, 3.63) is 11.8 Å². The number of nitrogens with zero attached hydrogens (tertiary/aromatic N) is 3. The van der Waals surface area contributed by atoms with Gasteiger partial charge in [-0.1, -0.05) is 13.8 Å². The molecule has 2 N–H and O–H groups in total. The van der Waals surface area contributed by atoms with E-state index in [1.807, 2.05) is 19.9 Å². The van der Waals surface area contributed by atoms with Crippen LogP contribution in [-0.4, -0.2) is 10.2 Å². The Bertz CT molecular complexity index is 312. The maximum Gasteiger partial charge on any atom is 0.233 e. The quantitative estimate of drug-likeness (QED) is 0.742. The summed E-state index contributed by atoms with van der Waals surface area (Å²) >= 11 is 0. The van der Waals surface area contributed by atoms with E-state index >= 15 is 0 Å². The molecule has 0 aliphatic rings. The van der Waals surface area contributed by atoms with E-state index in [9.17, 15) is 0 Å². The second-order valence-electron chi connectivity index (χ2n) is 3.14. The lowest BCUT2D eigenvalue weighted by atomic mass is 10.1. The van der Waals surface area contributed by atoms with Gasteiger partial charge in [0.25, 0.3) is 0 Å². The lowest BCUT2D eigenvalue weighted by molar-refractivity contribution is 0.375. The third kappa shape index (κ3) is 2.26. The SMILES string of the molecule is CC(C)[C@H](N)c1nnc(CC#N)o1. The Balaban J connectivity index is 2.74. The van der Waals surface area contributed by atoms with Gasteiger partial charge in [0, 0.05) is 0 Å². The molecule has 0 aliphatic heterocycles. The molecule has 70 valence electrons. The van der Waals surface area contributed by atoms with Gasteiger partial charge in [-0.05, 0) is 5.92 Å². The molecule has 1 rings (SSSR count). The van der Waals surface area contributed by atoms with Gasteiger partial charge in [-0.3, -0.25) is 0 Å². The molecule has 0 saturated carbocycles. The largest absolute Gasteiger partial charge is 0.422 e. The average Bonchev–Trinajstić information content (AvgIpc) is 2.52. The first-order valence-electron chi connectivity index (χ1n) is 4.10. The zero-order valence-corrected chi connectivity index (χ0v) is 7.69. The summed E-state index contributed by atoms with van der Waals surface area (Å²) in [6, 6.07) is 1.68. The molecule has 0 spiro atoms. The minimum Gasteiger partial charge on any atom is -0.422 e. The second-order valence-corrected chi connectivity index (χ2v) is 3.14. The van der Waals surface area contributed by atoms with E-state index in [1.165, 1.54) is 0 Å².